The van der Waals surface area contributed by atoms with E-state index in [1.165, 1.54) is 17.4 Å². The van der Waals surface area contributed by atoms with Gasteiger partial charge in [0.15, 0.2) is 0 Å². The first-order valence-electron chi connectivity index (χ1n) is 6.28. The number of thiazole rings is 1. The Balaban J connectivity index is 0.00000220. The Morgan fingerprint density at radius 3 is 2.90 bits per heavy atom. The van der Waals surface area contributed by atoms with Gasteiger partial charge in [0.1, 0.15) is 11.5 Å². The zero-order valence-corrected chi connectivity index (χ0v) is 13.2. The van der Waals surface area contributed by atoms with Gasteiger partial charge in [0.05, 0.1) is 5.01 Å². The van der Waals surface area contributed by atoms with Gasteiger partial charge in [-0.25, -0.2) is 9.37 Å². The fourth-order valence-corrected chi connectivity index (χ4v) is 2.47. The van der Waals surface area contributed by atoms with Crippen LogP contribution >= 0.6 is 23.7 Å². The smallest absolute Gasteiger partial charge is 0.271 e. The second-order valence-electron chi connectivity index (χ2n) is 4.43. The molecule has 7 heteroatoms. The first-order valence-corrected chi connectivity index (χ1v) is 7.16. The number of hydrogen-bond donors (Lipinski definition) is 2. The molecule has 0 spiro atoms. The van der Waals surface area contributed by atoms with Crippen LogP contribution in [0.1, 0.15) is 26.6 Å². The fraction of sp³-hybridized carbons (Fsp3) is 0.286. The molecule has 0 fully saturated rings. The Labute approximate surface area is 133 Å². The van der Waals surface area contributed by atoms with Gasteiger partial charge in [-0.3, -0.25) is 4.79 Å². The standard InChI is InChI=1S/C14H16FN3OS.ClH/c1-9-2-3-10(6-11(9)15)7-17-14(19)12-8-20-13(18-12)4-5-16;/h2-3,6,8H,4-5,7,16H2,1H3,(H,17,19);1H. The van der Waals surface area contributed by atoms with Gasteiger partial charge in [-0.05, 0) is 30.7 Å². The van der Waals surface area contributed by atoms with Crippen LogP contribution in [0.2, 0.25) is 0 Å². The van der Waals surface area contributed by atoms with Crippen molar-refractivity contribution in [3.63, 3.8) is 0 Å². The monoisotopic (exact) mass is 329 g/mol. The molecule has 1 heterocycles. The van der Waals surface area contributed by atoms with E-state index in [2.05, 4.69) is 10.3 Å². The van der Waals surface area contributed by atoms with E-state index in [0.29, 0.717) is 24.2 Å². The van der Waals surface area contributed by atoms with Gasteiger partial charge >= 0.3 is 0 Å². The number of halogens is 2. The molecule has 0 radical (unpaired) electrons. The van der Waals surface area contributed by atoms with E-state index < -0.39 is 0 Å². The molecule has 4 nitrogen and oxygen atoms in total. The molecule has 2 rings (SSSR count). The van der Waals surface area contributed by atoms with Crippen LogP contribution < -0.4 is 11.1 Å². The number of carbonyl (C=O) groups excluding carboxylic acids is 1. The van der Waals surface area contributed by atoms with Crippen molar-refractivity contribution in [2.75, 3.05) is 6.54 Å². The van der Waals surface area contributed by atoms with Crippen LogP contribution in [0.3, 0.4) is 0 Å². The highest BCUT2D eigenvalue weighted by Gasteiger charge is 2.10. The van der Waals surface area contributed by atoms with Crippen molar-refractivity contribution in [3.8, 4) is 0 Å². The summed E-state index contributed by atoms with van der Waals surface area (Å²) in [6, 6.07) is 4.91. The lowest BCUT2D eigenvalue weighted by molar-refractivity contribution is 0.0946. The number of nitrogens with two attached hydrogens (primary N) is 1. The maximum absolute atomic E-state index is 13.4. The number of amides is 1. The SMILES string of the molecule is Cc1ccc(CNC(=O)c2csc(CCN)n2)cc1F.Cl. The Bertz CT molecular complexity index is 618. The molecule has 0 bridgehead atoms. The van der Waals surface area contributed by atoms with Gasteiger partial charge in [0, 0.05) is 18.3 Å². The highest BCUT2D eigenvalue weighted by molar-refractivity contribution is 7.09. The van der Waals surface area contributed by atoms with Crippen molar-refractivity contribution in [2.24, 2.45) is 5.73 Å². The van der Waals surface area contributed by atoms with Crippen molar-refractivity contribution in [2.45, 2.75) is 19.9 Å². The number of carbonyl (C=O) groups is 1. The number of nitrogens with one attached hydrogen (secondary N) is 1. The molecule has 0 aliphatic rings. The van der Waals surface area contributed by atoms with Crippen molar-refractivity contribution >= 4 is 29.7 Å². The fourth-order valence-electron chi connectivity index (χ4n) is 1.67. The van der Waals surface area contributed by atoms with E-state index >= 15 is 0 Å². The average Bonchev–Trinajstić information content (AvgIpc) is 2.89. The van der Waals surface area contributed by atoms with Crippen molar-refractivity contribution in [1.82, 2.24) is 10.3 Å². The van der Waals surface area contributed by atoms with Crippen LogP contribution in [-0.2, 0) is 13.0 Å². The van der Waals surface area contributed by atoms with Gasteiger partial charge < -0.3 is 11.1 Å². The predicted octanol–water partition coefficient (Wildman–Crippen LogP) is 2.44. The zero-order chi connectivity index (χ0) is 14.5. The summed E-state index contributed by atoms with van der Waals surface area (Å²) in [7, 11) is 0. The Hall–Kier alpha value is -1.50. The van der Waals surface area contributed by atoms with E-state index in [-0.39, 0.29) is 30.7 Å². The minimum absolute atomic E-state index is 0. The van der Waals surface area contributed by atoms with Crippen molar-refractivity contribution in [3.05, 3.63) is 51.2 Å². The summed E-state index contributed by atoms with van der Waals surface area (Å²) in [6.07, 6.45) is 0.668. The largest absolute Gasteiger partial charge is 0.347 e. The minimum atomic E-state index is -0.268. The summed E-state index contributed by atoms with van der Waals surface area (Å²) < 4.78 is 13.4. The van der Waals surface area contributed by atoms with E-state index in [9.17, 15) is 9.18 Å². The molecule has 1 aromatic heterocycles. The number of hydrogen-bond acceptors (Lipinski definition) is 4. The van der Waals surface area contributed by atoms with Crippen molar-refractivity contribution in [1.29, 1.82) is 0 Å². The van der Waals surface area contributed by atoms with Crippen LogP contribution in [0, 0.1) is 12.7 Å². The topological polar surface area (TPSA) is 68.0 Å². The third-order valence-corrected chi connectivity index (χ3v) is 3.74. The quantitative estimate of drug-likeness (QED) is 0.885. The summed E-state index contributed by atoms with van der Waals surface area (Å²) in [4.78, 5) is 16.1. The van der Waals surface area contributed by atoms with Crippen LogP contribution in [0.5, 0.6) is 0 Å². The second-order valence-corrected chi connectivity index (χ2v) is 5.37. The van der Waals surface area contributed by atoms with Crippen molar-refractivity contribution < 1.29 is 9.18 Å². The molecule has 21 heavy (non-hydrogen) atoms. The maximum atomic E-state index is 13.4. The average molecular weight is 330 g/mol. The summed E-state index contributed by atoms with van der Waals surface area (Å²) in [5.74, 6) is -0.527. The lowest BCUT2D eigenvalue weighted by atomic mass is 10.1. The summed E-state index contributed by atoms with van der Waals surface area (Å²) >= 11 is 1.42. The maximum Gasteiger partial charge on any atom is 0.271 e. The number of benzene rings is 1. The minimum Gasteiger partial charge on any atom is -0.347 e. The number of aromatic nitrogens is 1. The Morgan fingerprint density at radius 2 is 2.24 bits per heavy atom. The molecule has 2 aromatic rings. The number of nitrogens with zero attached hydrogens (tertiary/aromatic N) is 1. The third-order valence-electron chi connectivity index (χ3n) is 2.83. The summed E-state index contributed by atoms with van der Waals surface area (Å²) in [5.41, 5.74) is 7.13. The normalized spacial score (nSPS) is 10.0. The third kappa shape index (κ3) is 4.77. The molecule has 0 unspecified atom stereocenters. The molecule has 1 amide bonds. The van der Waals surface area contributed by atoms with Gasteiger partial charge in [-0.2, -0.15) is 0 Å². The molecular formula is C14H17ClFN3OS. The Morgan fingerprint density at radius 1 is 1.48 bits per heavy atom. The van der Waals surface area contributed by atoms with E-state index in [1.807, 2.05) is 0 Å². The molecular weight excluding hydrogens is 313 g/mol. The molecule has 0 atom stereocenters. The first-order chi connectivity index (χ1) is 9.60. The zero-order valence-electron chi connectivity index (χ0n) is 11.6. The van der Waals surface area contributed by atoms with Crippen LogP contribution in [0.15, 0.2) is 23.6 Å². The van der Waals surface area contributed by atoms with Gasteiger partial charge in [0.25, 0.3) is 5.91 Å². The Kier molecular flexibility index (Phi) is 6.74. The van der Waals surface area contributed by atoms with E-state index in [4.69, 9.17) is 5.73 Å². The number of aryl methyl sites for hydroxylation is 1. The predicted molar refractivity (Wildman–Crippen MR) is 84.4 cm³/mol. The number of rotatable bonds is 5. The first kappa shape index (κ1) is 17.6. The molecule has 0 aliphatic heterocycles. The van der Waals surface area contributed by atoms with E-state index in [1.54, 1.807) is 24.4 Å². The molecule has 0 aliphatic carbocycles. The van der Waals surface area contributed by atoms with Gasteiger partial charge in [-0.15, -0.1) is 23.7 Å². The molecule has 0 saturated carbocycles. The molecule has 114 valence electrons. The van der Waals surface area contributed by atoms with Gasteiger partial charge in [0.2, 0.25) is 0 Å². The van der Waals surface area contributed by atoms with Crippen LogP contribution in [0.4, 0.5) is 4.39 Å². The van der Waals surface area contributed by atoms with Gasteiger partial charge in [-0.1, -0.05) is 12.1 Å². The summed E-state index contributed by atoms with van der Waals surface area (Å²) in [5, 5.41) is 5.28. The molecule has 3 N–H and O–H groups in total. The lowest BCUT2D eigenvalue weighted by Gasteiger charge is -2.05. The van der Waals surface area contributed by atoms with Crippen LogP contribution in [-0.4, -0.2) is 17.4 Å². The van der Waals surface area contributed by atoms with E-state index in [0.717, 1.165) is 10.6 Å². The summed E-state index contributed by atoms with van der Waals surface area (Å²) in [6.45, 7) is 2.49. The second kappa shape index (κ2) is 8.07. The lowest BCUT2D eigenvalue weighted by Crippen LogP contribution is -2.23. The molecule has 0 saturated heterocycles. The highest BCUT2D eigenvalue weighted by Crippen LogP contribution is 2.11. The van der Waals surface area contributed by atoms with Crippen LogP contribution in [0.25, 0.3) is 0 Å². The molecule has 1 aromatic carbocycles. The highest BCUT2D eigenvalue weighted by atomic mass is 35.5.